The fourth-order valence-electron chi connectivity index (χ4n) is 0.801. The Morgan fingerprint density at radius 3 is 1.25 bits per heavy atom. The summed E-state index contributed by atoms with van der Waals surface area (Å²) in [6.07, 6.45) is 0.500. The molecule has 0 radical (unpaired) electrons. The third kappa shape index (κ3) is 17.4. The van der Waals surface area contributed by atoms with E-state index in [4.69, 9.17) is 29.4 Å². The van der Waals surface area contributed by atoms with Crippen LogP contribution in [0.1, 0.15) is 0 Å². The minimum atomic E-state index is -1.25. The zero-order chi connectivity index (χ0) is 16.7. The summed E-state index contributed by atoms with van der Waals surface area (Å²) in [5.41, 5.74) is 0. The molecule has 2 amide bonds. The Morgan fingerprint density at radius 2 is 1.10 bits per heavy atom. The molecule has 0 aromatic carbocycles. The Bertz CT molecular complexity index is 364. The molecule has 2 N–H and O–H groups in total. The van der Waals surface area contributed by atoms with Crippen molar-refractivity contribution < 1.29 is 43.8 Å². The smallest absolute Gasteiger partial charge is 0.373 e. The van der Waals surface area contributed by atoms with E-state index in [2.05, 4.69) is 0 Å². The second kappa shape index (κ2) is 14.0. The second-order valence-electron chi connectivity index (χ2n) is 2.99. The zero-order valence-electron chi connectivity index (χ0n) is 10.6. The van der Waals surface area contributed by atoms with Crippen LogP contribution in [0.15, 0.2) is 0 Å². The van der Waals surface area contributed by atoms with Crippen molar-refractivity contribution in [2.45, 2.75) is 0 Å². The number of hydrogen-bond acceptors (Lipinski definition) is 7. The molecule has 0 aromatic heterocycles. The Labute approximate surface area is 112 Å². The molecule has 0 saturated carbocycles. The van der Waals surface area contributed by atoms with Crippen LogP contribution in [0.4, 0.5) is 4.79 Å². The topological polar surface area (TPSA) is 166 Å². The molecule has 0 aromatic rings. The molecule has 20 heavy (non-hydrogen) atoms. The van der Waals surface area contributed by atoms with E-state index in [-0.39, 0.29) is 12.3 Å². The fourth-order valence-corrected chi connectivity index (χ4v) is 0.801. The molecule has 0 heterocycles. The molecule has 0 aliphatic carbocycles. The van der Waals surface area contributed by atoms with Crippen molar-refractivity contribution in [2.75, 3.05) is 27.2 Å². The lowest BCUT2D eigenvalue weighted by Gasteiger charge is -2.22. The molecular weight excluding hydrogens is 280 g/mol. The van der Waals surface area contributed by atoms with Gasteiger partial charge in [-0.2, -0.15) is 19.2 Å². The lowest BCUT2D eigenvalue weighted by atomic mass is 10.5. The molecule has 0 unspecified atom stereocenters. The number of carbonyl (C=O) groups excluding carboxylic acids is 5. The molecule has 0 aliphatic heterocycles. The molecule has 0 fully saturated rings. The Kier molecular flexibility index (Phi) is 15.6. The van der Waals surface area contributed by atoms with E-state index >= 15 is 0 Å². The van der Waals surface area contributed by atoms with Crippen molar-refractivity contribution in [3.05, 3.63) is 0 Å². The summed E-state index contributed by atoms with van der Waals surface area (Å²) in [7, 11) is 2.83. The summed E-state index contributed by atoms with van der Waals surface area (Å²) in [5.74, 6) is -2.50. The summed E-state index contributed by atoms with van der Waals surface area (Å²) < 4.78 is 0. The van der Waals surface area contributed by atoms with Crippen LogP contribution in [-0.4, -0.2) is 77.5 Å². The van der Waals surface area contributed by atoms with Crippen molar-refractivity contribution in [1.82, 2.24) is 9.80 Å². The van der Waals surface area contributed by atoms with E-state index in [1.54, 1.807) is 0 Å². The number of carboxylic acid groups (broad SMARTS) is 2. The monoisotopic (exact) mass is 292 g/mol. The van der Waals surface area contributed by atoms with Gasteiger partial charge in [-0.05, 0) is 0 Å². The maximum atomic E-state index is 11.2. The van der Waals surface area contributed by atoms with Crippen molar-refractivity contribution in [2.24, 2.45) is 0 Å². The van der Waals surface area contributed by atoms with Gasteiger partial charge in [0, 0.05) is 14.1 Å². The lowest BCUT2D eigenvalue weighted by molar-refractivity contribution is -0.193. The molecule has 0 bridgehead atoms. The zero-order valence-corrected chi connectivity index (χ0v) is 10.6. The van der Waals surface area contributed by atoms with Crippen LogP contribution < -0.4 is 0 Å². The Morgan fingerprint density at radius 1 is 0.850 bits per heavy atom. The van der Waals surface area contributed by atoms with Crippen molar-refractivity contribution in [3.8, 4) is 0 Å². The number of carbonyl (C=O) groups is 3. The standard InChI is InChI=1S/C7H12N2O5.2CO2/c1-8(2)7(14)9(3-5(10)11)4-6(12)13;2*2-1-3/h3-4H2,1-2H3,(H,10,11)(H,12,13);;. The molecule has 11 heteroatoms. The van der Waals surface area contributed by atoms with Gasteiger partial charge in [0.1, 0.15) is 13.1 Å². The predicted molar refractivity (Wildman–Crippen MR) is 55.9 cm³/mol. The van der Waals surface area contributed by atoms with Crippen LogP contribution >= 0.6 is 0 Å². The number of amides is 2. The fraction of sp³-hybridized carbons (Fsp3) is 0.444. The van der Waals surface area contributed by atoms with Gasteiger partial charge in [0.25, 0.3) is 0 Å². The summed E-state index contributed by atoms with van der Waals surface area (Å²) in [5, 5.41) is 16.8. The lowest BCUT2D eigenvalue weighted by Crippen LogP contribution is -2.44. The normalized spacial score (nSPS) is 7.30. The van der Waals surface area contributed by atoms with Crippen molar-refractivity contribution in [3.63, 3.8) is 0 Å². The second-order valence-corrected chi connectivity index (χ2v) is 2.99. The SMILES string of the molecule is CN(C)C(=O)N(CC(=O)O)CC(=O)O.O=C=O.O=C=O. The largest absolute Gasteiger partial charge is 0.480 e. The summed E-state index contributed by atoms with van der Waals surface area (Å²) in [6.45, 7) is -1.24. The minimum absolute atomic E-state index is 0.250. The van der Waals surface area contributed by atoms with Gasteiger partial charge in [-0.1, -0.05) is 0 Å². The number of rotatable bonds is 4. The molecule has 0 rings (SSSR count). The molecule has 0 saturated heterocycles. The highest BCUT2D eigenvalue weighted by Gasteiger charge is 2.20. The van der Waals surface area contributed by atoms with Gasteiger partial charge in [-0.15, -0.1) is 0 Å². The molecule has 112 valence electrons. The highest BCUT2D eigenvalue weighted by Crippen LogP contribution is 1.94. The van der Waals surface area contributed by atoms with Crippen LogP contribution in [0.25, 0.3) is 0 Å². The summed E-state index contributed by atoms with van der Waals surface area (Å²) in [4.78, 5) is 66.2. The van der Waals surface area contributed by atoms with E-state index in [1.165, 1.54) is 14.1 Å². The third-order valence-electron chi connectivity index (χ3n) is 1.31. The highest BCUT2D eigenvalue weighted by molar-refractivity contribution is 5.83. The quantitative estimate of drug-likeness (QED) is 0.593. The summed E-state index contributed by atoms with van der Waals surface area (Å²) >= 11 is 0. The van der Waals surface area contributed by atoms with Gasteiger partial charge < -0.3 is 20.0 Å². The van der Waals surface area contributed by atoms with Crippen molar-refractivity contribution >= 4 is 30.3 Å². The molecule has 0 spiro atoms. The number of hydrogen-bond donors (Lipinski definition) is 2. The third-order valence-corrected chi connectivity index (χ3v) is 1.31. The number of nitrogens with zero attached hydrogens (tertiary/aromatic N) is 2. The van der Waals surface area contributed by atoms with Gasteiger partial charge >= 0.3 is 30.3 Å². The van der Waals surface area contributed by atoms with Crippen molar-refractivity contribution in [1.29, 1.82) is 0 Å². The van der Waals surface area contributed by atoms with Gasteiger partial charge in [-0.3, -0.25) is 9.59 Å². The Balaban J connectivity index is -0.000000408. The van der Waals surface area contributed by atoms with Gasteiger partial charge in [0.05, 0.1) is 0 Å². The molecule has 11 nitrogen and oxygen atoms in total. The van der Waals surface area contributed by atoms with Gasteiger partial charge in [-0.25, -0.2) is 4.79 Å². The van der Waals surface area contributed by atoms with Crippen LogP contribution in [0.5, 0.6) is 0 Å². The molecule has 0 atom stereocenters. The highest BCUT2D eigenvalue weighted by atomic mass is 16.4. The number of carboxylic acids is 2. The average Bonchev–Trinajstić information content (AvgIpc) is 2.27. The molecule has 0 aliphatic rings. The van der Waals surface area contributed by atoms with Crippen LogP contribution in [-0.2, 0) is 28.8 Å². The average molecular weight is 292 g/mol. The van der Waals surface area contributed by atoms with Crippen LogP contribution in [0.2, 0.25) is 0 Å². The van der Waals surface area contributed by atoms with Crippen LogP contribution in [0, 0.1) is 0 Å². The van der Waals surface area contributed by atoms with E-state index in [1.807, 2.05) is 0 Å². The minimum Gasteiger partial charge on any atom is -0.480 e. The molecular formula is C9H12N2O9. The maximum absolute atomic E-state index is 11.2. The number of urea groups is 1. The first-order valence-corrected chi connectivity index (χ1v) is 4.56. The summed E-state index contributed by atoms with van der Waals surface area (Å²) in [6, 6.07) is -0.644. The predicted octanol–water partition coefficient (Wildman–Crippen LogP) is -2.03. The maximum Gasteiger partial charge on any atom is 0.373 e. The Hall–Kier alpha value is -3.03. The first kappa shape index (κ1) is 22.2. The first-order valence-electron chi connectivity index (χ1n) is 4.56. The van der Waals surface area contributed by atoms with E-state index in [0.717, 1.165) is 9.80 Å². The van der Waals surface area contributed by atoms with Gasteiger partial charge in [0.2, 0.25) is 0 Å². The van der Waals surface area contributed by atoms with E-state index in [0.29, 0.717) is 0 Å². The van der Waals surface area contributed by atoms with E-state index < -0.39 is 31.1 Å². The van der Waals surface area contributed by atoms with Gasteiger partial charge in [0.15, 0.2) is 0 Å². The first-order chi connectivity index (χ1) is 9.17. The van der Waals surface area contributed by atoms with E-state index in [9.17, 15) is 14.4 Å². The van der Waals surface area contributed by atoms with Crippen LogP contribution in [0.3, 0.4) is 0 Å². The number of aliphatic carboxylic acids is 2.